The van der Waals surface area contributed by atoms with Gasteiger partial charge in [-0.25, -0.2) is 0 Å². The number of rotatable bonds is 4. The Morgan fingerprint density at radius 2 is 2.11 bits per heavy atom. The Bertz CT molecular complexity index is 437. The Hall–Kier alpha value is -1.31. The predicted octanol–water partition coefficient (Wildman–Crippen LogP) is 3.91. The van der Waals surface area contributed by atoms with Crippen molar-refractivity contribution in [2.24, 2.45) is 11.8 Å². The fourth-order valence-electron chi connectivity index (χ4n) is 2.73. The maximum Gasteiger partial charge on any atom is 0.165 e. The fourth-order valence-corrected chi connectivity index (χ4v) is 2.73. The van der Waals surface area contributed by atoms with Crippen molar-refractivity contribution in [3.05, 3.63) is 29.3 Å². The minimum absolute atomic E-state index is 0.125. The Balaban J connectivity index is 2.15. The fraction of sp³-hybridized carbons (Fsp3) is 0.562. The van der Waals surface area contributed by atoms with Crippen molar-refractivity contribution in [1.29, 1.82) is 0 Å². The smallest absolute Gasteiger partial charge is 0.165 e. The molecule has 1 N–H and O–H groups in total. The summed E-state index contributed by atoms with van der Waals surface area (Å²) < 4.78 is 0. The summed E-state index contributed by atoms with van der Waals surface area (Å²) in [6.07, 6.45) is 3.21. The van der Waals surface area contributed by atoms with Crippen LogP contribution in [0.1, 0.15) is 49.5 Å². The molecule has 1 aromatic rings. The highest BCUT2D eigenvalue weighted by molar-refractivity contribution is 5.98. The van der Waals surface area contributed by atoms with Crippen molar-refractivity contribution in [3.8, 4) is 0 Å². The van der Waals surface area contributed by atoms with Gasteiger partial charge in [-0.3, -0.25) is 4.79 Å². The van der Waals surface area contributed by atoms with Crippen molar-refractivity contribution < 1.29 is 4.79 Å². The third kappa shape index (κ3) is 2.92. The van der Waals surface area contributed by atoms with Crippen LogP contribution in [0.3, 0.4) is 0 Å². The van der Waals surface area contributed by atoms with Gasteiger partial charge in [0.1, 0.15) is 0 Å². The Labute approximate surface area is 110 Å². The first kappa shape index (κ1) is 13.1. The highest BCUT2D eigenvalue weighted by Gasteiger charge is 2.18. The van der Waals surface area contributed by atoms with Crippen LogP contribution in [0.25, 0.3) is 0 Å². The van der Waals surface area contributed by atoms with Gasteiger partial charge in [0, 0.05) is 23.7 Å². The highest BCUT2D eigenvalue weighted by atomic mass is 16.1. The number of carbonyl (C=O) groups is 1. The second-order valence-corrected chi connectivity index (χ2v) is 5.80. The first-order chi connectivity index (χ1) is 8.58. The first-order valence-electron chi connectivity index (χ1n) is 6.99. The summed E-state index contributed by atoms with van der Waals surface area (Å²) in [7, 11) is 0. The van der Waals surface area contributed by atoms with Crippen LogP contribution in [0.5, 0.6) is 0 Å². The molecule has 0 amide bonds. The molecule has 1 aliphatic heterocycles. The molecular weight excluding hydrogens is 222 g/mol. The van der Waals surface area contributed by atoms with E-state index < -0.39 is 0 Å². The molecule has 1 atom stereocenters. The van der Waals surface area contributed by atoms with Crippen LogP contribution in [-0.2, 0) is 6.42 Å². The molecule has 18 heavy (non-hydrogen) atoms. The van der Waals surface area contributed by atoms with Crippen molar-refractivity contribution in [2.75, 3.05) is 11.9 Å². The van der Waals surface area contributed by atoms with Gasteiger partial charge in [0.15, 0.2) is 5.78 Å². The number of nitrogens with one attached hydrogen (secondary N) is 1. The maximum atomic E-state index is 12.3. The molecule has 0 aliphatic carbocycles. The molecule has 2 heteroatoms. The van der Waals surface area contributed by atoms with Crippen LogP contribution in [0, 0.1) is 11.8 Å². The van der Waals surface area contributed by atoms with Crippen molar-refractivity contribution >= 4 is 11.5 Å². The second-order valence-electron chi connectivity index (χ2n) is 5.80. The Morgan fingerprint density at radius 3 is 2.83 bits per heavy atom. The number of benzene rings is 1. The normalized spacial score (nSPS) is 16.0. The number of hydrogen-bond acceptors (Lipinski definition) is 2. The second kappa shape index (κ2) is 5.55. The molecule has 0 aromatic heterocycles. The molecule has 1 unspecified atom stereocenters. The van der Waals surface area contributed by atoms with Crippen molar-refractivity contribution in [3.63, 3.8) is 0 Å². The quantitative estimate of drug-likeness (QED) is 0.815. The zero-order chi connectivity index (χ0) is 13.1. The molecule has 0 radical (unpaired) electrons. The molecule has 0 saturated carbocycles. The van der Waals surface area contributed by atoms with Crippen LogP contribution in [-0.4, -0.2) is 12.3 Å². The lowest BCUT2D eigenvalue weighted by atomic mass is 9.89. The number of fused-ring (bicyclic) bond motifs is 1. The summed E-state index contributed by atoms with van der Waals surface area (Å²) in [5.74, 6) is 0.986. The first-order valence-corrected chi connectivity index (χ1v) is 6.99. The predicted molar refractivity (Wildman–Crippen MR) is 76.2 cm³/mol. The summed E-state index contributed by atoms with van der Waals surface area (Å²) in [5, 5.41) is 3.38. The van der Waals surface area contributed by atoms with Gasteiger partial charge in [0.2, 0.25) is 0 Å². The molecule has 98 valence electrons. The van der Waals surface area contributed by atoms with E-state index in [1.54, 1.807) is 0 Å². The number of Topliss-reactive ketones (excluding diaryl/α,β-unsaturated/α-hetero) is 1. The van der Waals surface area contributed by atoms with Crippen LogP contribution in [0.2, 0.25) is 0 Å². The van der Waals surface area contributed by atoms with Gasteiger partial charge in [-0.05, 0) is 48.9 Å². The third-order valence-corrected chi connectivity index (χ3v) is 3.60. The monoisotopic (exact) mass is 245 g/mol. The van der Waals surface area contributed by atoms with Gasteiger partial charge in [0.05, 0.1) is 0 Å². The van der Waals surface area contributed by atoms with Crippen LogP contribution < -0.4 is 5.32 Å². The van der Waals surface area contributed by atoms with Gasteiger partial charge in [-0.2, -0.15) is 0 Å². The van der Waals surface area contributed by atoms with E-state index in [2.05, 4.69) is 31.3 Å². The van der Waals surface area contributed by atoms with E-state index in [-0.39, 0.29) is 11.7 Å². The molecular formula is C16H23NO. The number of anilines is 1. The Kier molecular flexibility index (Phi) is 4.05. The van der Waals surface area contributed by atoms with Gasteiger partial charge in [0.25, 0.3) is 0 Å². The molecule has 0 saturated heterocycles. The highest BCUT2D eigenvalue weighted by Crippen LogP contribution is 2.25. The van der Waals surface area contributed by atoms with E-state index in [0.717, 1.165) is 31.4 Å². The molecule has 2 nitrogen and oxygen atoms in total. The van der Waals surface area contributed by atoms with E-state index in [9.17, 15) is 4.79 Å². The standard InChI is InChI=1S/C16H23NO/c1-11(2)9-12(3)16(18)14-6-7-15-13(10-14)5-4-8-17-15/h6-7,10-12,17H,4-5,8-9H2,1-3H3. The van der Waals surface area contributed by atoms with Gasteiger partial charge in [-0.1, -0.05) is 20.8 Å². The van der Waals surface area contributed by atoms with E-state index in [4.69, 9.17) is 0 Å². The average Bonchev–Trinajstić information content (AvgIpc) is 2.36. The van der Waals surface area contributed by atoms with E-state index >= 15 is 0 Å². The lowest BCUT2D eigenvalue weighted by molar-refractivity contribution is 0.0915. The molecule has 1 aromatic carbocycles. The SMILES string of the molecule is CC(C)CC(C)C(=O)c1ccc2c(c1)CCCN2. The minimum atomic E-state index is 0.125. The largest absolute Gasteiger partial charge is 0.385 e. The number of carbonyl (C=O) groups excluding carboxylic acids is 1. The van der Waals surface area contributed by atoms with E-state index in [1.165, 1.54) is 11.3 Å². The van der Waals surface area contributed by atoms with Crippen LogP contribution in [0.15, 0.2) is 18.2 Å². The number of aryl methyl sites for hydroxylation is 1. The summed E-state index contributed by atoms with van der Waals surface area (Å²) >= 11 is 0. The summed E-state index contributed by atoms with van der Waals surface area (Å²) in [4.78, 5) is 12.3. The average molecular weight is 245 g/mol. The molecule has 1 aliphatic rings. The molecule has 0 fully saturated rings. The molecule has 0 bridgehead atoms. The van der Waals surface area contributed by atoms with Gasteiger partial charge >= 0.3 is 0 Å². The molecule has 0 spiro atoms. The lowest BCUT2D eigenvalue weighted by Crippen LogP contribution is -2.16. The number of hydrogen-bond donors (Lipinski definition) is 1. The van der Waals surface area contributed by atoms with Crippen molar-refractivity contribution in [1.82, 2.24) is 0 Å². The Morgan fingerprint density at radius 1 is 1.33 bits per heavy atom. The van der Waals surface area contributed by atoms with Gasteiger partial charge in [-0.15, -0.1) is 0 Å². The lowest BCUT2D eigenvalue weighted by Gasteiger charge is -2.19. The van der Waals surface area contributed by atoms with Gasteiger partial charge < -0.3 is 5.32 Å². The number of ketones is 1. The van der Waals surface area contributed by atoms with Crippen LogP contribution >= 0.6 is 0 Å². The summed E-state index contributed by atoms with van der Waals surface area (Å²) in [6, 6.07) is 6.11. The third-order valence-electron chi connectivity index (χ3n) is 3.60. The molecule has 1 heterocycles. The zero-order valence-electron chi connectivity index (χ0n) is 11.6. The van der Waals surface area contributed by atoms with Crippen LogP contribution in [0.4, 0.5) is 5.69 Å². The molecule has 2 rings (SSSR count). The topological polar surface area (TPSA) is 29.1 Å². The summed E-state index contributed by atoms with van der Waals surface area (Å²) in [5.41, 5.74) is 3.38. The summed E-state index contributed by atoms with van der Waals surface area (Å²) in [6.45, 7) is 7.42. The maximum absolute atomic E-state index is 12.3. The van der Waals surface area contributed by atoms with E-state index in [0.29, 0.717) is 5.92 Å². The minimum Gasteiger partial charge on any atom is -0.385 e. The van der Waals surface area contributed by atoms with Crippen molar-refractivity contribution in [2.45, 2.75) is 40.0 Å². The zero-order valence-corrected chi connectivity index (χ0v) is 11.6. The van der Waals surface area contributed by atoms with E-state index in [1.807, 2.05) is 13.0 Å².